The topological polar surface area (TPSA) is 0 Å². The molecule has 0 unspecified atom stereocenters. The minimum absolute atomic E-state index is 1.41. The molecule has 0 aromatic heterocycles. The molecule has 0 saturated carbocycles. The van der Waals surface area contributed by atoms with Crippen molar-refractivity contribution in [1.29, 1.82) is 0 Å². The van der Waals surface area contributed by atoms with Crippen molar-refractivity contribution in [2.24, 2.45) is 0 Å². The average Bonchev–Trinajstić information content (AvgIpc) is 2.29. The third-order valence-electron chi connectivity index (χ3n) is 2.92. The molecule has 2 heteroatoms. The fourth-order valence-electron chi connectivity index (χ4n) is 1.91. The first-order valence-electron chi connectivity index (χ1n) is 5.45. The molecule has 0 aliphatic heterocycles. The van der Waals surface area contributed by atoms with Gasteiger partial charge in [-0.05, 0) is 0 Å². The van der Waals surface area contributed by atoms with Gasteiger partial charge in [-0.3, -0.25) is 0 Å². The fraction of sp³-hybridized carbons (Fsp3) is 0.143. The molecule has 0 aliphatic rings. The number of benzene rings is 2. The first-order valence-corrected chi connectivity index (χ1v) is 13.5. The molecule has 0 aliphatic carbocycles. The number of halogens is 1. The number of hydrogen-bond acceptors (Lipinski definition) is 0. The van der Waals surface area contributed by atoms with Crippen LogP contribution in [0.25, 0.3) is 0 Å². The predicted molar refractivity (Wildman–Crippen MR) is 76.3 cm³/mol. The van der Waals surface area contributed by atoms with E-state index in [9.17, 15) is 0 Å². The van der Waals surface area contributed by atoms with Crippen LogP contribution in [0.5, 0.6) is 0 Å². The van der Waals surface area contributed by atoms with Crippen LogP contribution in [-0.4, -0.2) is 14.2 Å². The molecule has 0 fully saturated rings. The summed E-state index contributed by atoms with van der Waals surface area (Å²) >= 11 is 2.28. The molecule has 2 aromatic rings. The number of rotatable bonds is 2. The van der Waals surface area contributed by atoms with Gasteiger partial charge in [-0.25, -0.2) is 0 Å². The molecule has 2 rings (SSSR count). The summed E-state index contributed by atoms with van der Waals surface area (Å²) in [7, 11) is 0. The van der Waals surface area contributed by atoms with Gasteiger partial charge in [0.2, 0.25) is 0 Å². The molecule has 0 radical (unpaired) electrons. The Labute approximate surface area is 109 Å². The van der Waals surface area contributed by atoms with E-state index >= 15 is 0 Å². The third-order valence-corrected chi connectivity index (χ3v) is 13.1. The van der Waals surface area contributed by atoms with Crippen molar-refractivity contribution >= 4 is 36.0 Å². The van der Waals surface area contributed by atoms with Crippen molar-refractivity contribution in [3.05, 3.63) is 59.7 Å². The summed E-state index contributed by atoms with van der Waals surface area (Å²) in [5, 5.41) is 0. The van der Waals surface area contributed by atoms with Crippen LogP contribution in [0.3, 0.4) is 0 Å². The van der Waals surface area contributed by atoms with E-state index in [-0.39, 0.29) is 0 Å². The van der Waals surface area contributed by atoms with E-state index in [2.05, 4.69) is 75.9 Å². The Balaban J connectivity index is 2.44. The van der Waals surface area contributed by atoms with E-state index in [4.69, 9.17) is 0 Å². The van der Waals surface area contributed by atoms with Gasteiger partial charge >= 0.3 is 110 Å². The fourth-order valence-corrected chi connectivity index (χ4v) is 11.2. The summed E-state index contributed by atoms with van der Waals surface area (Å²) in [4.78, 5) is 0. The molecule has 16 heavy (non-hydrogen) atoms. The Morgan fingerprint density at radius 1 is 0.750 bits per heavy atom. The molecule has 2 aromatic carbocycles. The van der Waals surface area contributed by atoms with Crippen LogP contribution in [0.1, 0.15) is 11.1 Å². The molecule has 0 bridgehead atoms. The van der Waals surface area contributed by atoms with E-state index in [0.29, 0.717) is 0 Å². The van der Waals surface area contributed by atoms with Gasteiger partial charge in [0.1, 0.15) is 0 Å². The maximum absolute atomic E-state index is 3.98. The summed E-state index contributed by atoms with van der Waals surface area (Å²) in [6.07, 6.45) is 0. The Morgan fingerprint density at radius 3 is 1.50 bits per heavy atom. The Kier molecular flexibility index (Phi) is 3.95. The molecule has 80 valence electrons. The number of hydrogen-bond donors (Lipinski definition) is 0. The van der Waals surface area contributed by atoms with E-state index in [0.717, 1.165) is 0 Å². The first-order chi connectivity index (χ1) is 7.70. The van der Waals surface area contributed by atoms with Gasteiger partial charge in [-0.2, -0.15) is 0 Å². The van der Waals surface area contributed by atoms with E-state index in [1.807, 2.05) is 0 Å². The molecule has 0 atom stereocenters. The van der Waals surface area contributed by atoms with E-state index in [1.54, 1.807) is 0 Å². The average molecular weight is 332 g/mol. The maximum atomic E-state index is 3.98. The van der Waals surface area contributed by atoms with E-state index in [1.165, 1.54) is 19.4 Å². The summed E-state index contributed by atoms with van der Waals surface area (Å²) in [5.41, 5.74) is 2.82. The summed E-state index contributed by atoms with van der Waals surface area (Å²) in [5.74, 6) is 0. The Morgan fingerprint density at radius 2 is 1.12 bits per heavy atom. The van der Waals surface area contributed by atoms with Crippen molar-refractivity contribution in [3.63, 3.8) is 0 Å². The van der Waals surface area contributed by atoms with Crippen LogP contribution in [0.2, 0.25) is 0 Å². The van der Waals surface area contributed by atoms with Gasteiger partial charge < -0.3 is 0 Å². The van der Waals surface area contributed by atoms with Crippen LogP contribution in [0, 0.1) is 13.8 Å². The van der Waals surface area contributed by atoms with Gasteiger partial charge in [0.05, 0.1) is 0 Å². The molecule has 0 amide bonds. The van der Waals surface area contributed by atoms with Gasteiger partial charge in [0.15, 0.2) is 0 Å². The second-order valence-electron chi connectivity index (χ2n) is 4.08. The zero-order valence-corrected chi connectivity index (χ0v) is 13.6. The third kappa shape index (κ3) is 2.45. The Bertz CT molecular complexity index is 448. The van der Waals surface area contributed by atoms with Crippen LogP contribution < -0.4 is 8.24 Å². The quantitative estimate of drug-likeness (QED) is 0.742. The van der Waals surface area contributed by atoms with Gasteiger partial charge in [-0.15, -0.1) is 0 Å². The van der Waals surface area contributed by atoms with Crippen LogP contribution in [0.15, 0.2) is 48.5 Å². The standard InChI is InChI=1S/2C7H7.BrH.Ga/c2*1-7-5-3-2-4-6-7;;/h2*2-5H,1H3;1H;/q;;;+1/p-1. The zero-order chi connectivity index (χ0) is 11.5. The molecule has 0 saturated heterocycles. The van der Waals surface area contributed by atoms with Crippen molar-refractivity contribution < 1.29 is 0 Å². The molecular formula is C14H14BrGa. The van der Waals surface area contributed by atoms with Crippen LogP contribution in [0.4, 0.5) is 0 Å². The van der Waals surface area contributed by atoms with Gasteiger partial charge in [0, 0.05) is 0 Å². The van der Waals surface area contributed by atoms with Gasteiger partial charge in [0.25, 0.3) is 0 Å². The zero-order valence-electron chi connectivity index (χ0n) is 9.57. The molecule has 0 heterocycles. The SMILES string of the molecule is Cc1cccc[c]1[Ga]([Br])[c]1ccccc1C. The molecular weight excluding hydrogens is 318 g/mol. The first kappa shape index (κ1) is 12.0. The van der Waals surface area contributed by atoms with E-state index < -0.39 is 14.2 Å². The molecule has 0 nitrogen and oxygen atoms in total. The molecule has 0 spiro atoms. The van der Waals surface area contributed by atoms with Crippen LogP contribution >= 0.6 is 13.6 Å². The summed E-state index contributed by atoms with van der Waals surface area (Å²) in [6.45, 7) is 4.40. The van der Waals surface area contributed by atoms with Gasteiger partial charge in [-0.1, -0.05) is 0 Å². The minimum atomic E-state index is -1.70. The molecule has 0 N–H and O–H groups in total. The van der Waals surface area contributed by atoms with Crippen molar-refractivity contribution in [3.8, 4) is 0 Å². The summed E-state index contributed by atoms with van der Waals surface area (Å²) < 4.78 is 3.06. The second kappa shape index (κ2) is 5.26. The normalized spacial score (nSPS) is 10.2. The Hall–Kier alpha value is -0.444. The predicted octanol–water partition coefficient (Wildman–Crippen LogP) is 2.80. The second-order valence-corrected chi connectivity index (χ2v) is 13.0. The van der Waals surface area contributed by atoms with Crippen molar-refractivity contribution in [1.82, 2.24) is 0 Å². The summed E-state index contributed by atoms with van der Waals surface area (Å²) in [6, 6.07) is 17.4. The van der Waals surface area contributed by atoms with Crippen molar-refractivity contribution in [2.75, 3.05) is 0 Å². The van der Waals surface area contributed by atoms with Crippen LogP contribution in [-0.2, 0) is 0 Å². The number of aryl methyl sites for hydroxylation is 2. The van der Waals surface area contributed by atoms with Crippen molar-refractivity contribution in [2.45, 2.75) is 13.8 Å². The monoisotopic (exact) mass is 330 g/mol.